The third-order valence-corrected chi connectivity index (χ3v) is 5.03. The summed E-state index contributed by atoms with van der Waals surface area (Å²) < 4.78 is 0. The molecular weight excluding hydrogens is 400 g/mol. The molecule has 1 aromatic rings. The number of carboxylic acids is 1. The smallest absolute Gasteiger partial charge is 0.303 e. The van der Waals surface area contributed by atoms with Crippen LogP contribution in [-0.4, -0.2) is 11.1 Å². The van der Waals surface area contributed by atoms with E-state index in [2.05, 4.69) is 13.5 Å². The first-order valence-corrected chi connectivity index (χ1v) is 11.6. The molecule has 0 aliphatic carbocycles. The standard InChI is InChI=1S/C18H36O2.C8H8.Fe/c1-2-3-4-5-6-7-8-9-10-11-12-13-14-15-16-17-18(19)20;1-2-8-6-4-3-5-7-8;/h2-17H2,1H3,(H,19,20);2-7H,1H2;. The molecule has 0 bridgehead atoms. The Morgan fingerprint density at radius 1 is 0.759 bits per heavy atom. The molecule has 0 aliphatic rings. The molecule has 1 rings (SSSR count). The van der Waals surface area contributed by atoms with Gasteiger partial charge in [0, 0.05) is 23.5 Å². The maximum absolute atomic E-state index is 10.3. The van der Waals surface area contributed by atoms with Gasteiger partial charge in [0.15, 0.2) is 0 Å². The molecule has 3 heteroatoms. The molecule has 29 heavy (non-hydrogen) atoms. The van der Waals surface area contributed by atoms with Crippen LogP contribution in [0, 0.1) is 0 Å². The molecular formula is C26H44FeO2. The molecule has 0 saturated carbocycles. The molecule has 0 aliphatic heterocycles. The molecule has 0 fully saturated rings. The van der Waals surface area contributed by atoms with Crippen molar-refractivity contribution in [2.75, 3.05) is 0 Å². The molecule has 1 N–H and O–H groups in total. The first kappa shape index (κ1) is 30.1. The molecule has 0 saturated heterocycles. The summed E-state index contributed by atoms with van der Waals surface area (Å²) in [6, 6.07) is 10.0. The third-order valence-electron chi connectivity index (χ3n) is 5.03. The summed E-state index contributed by atoms with van der Waals surface area (Å²) in [7, 11) is 0. The van der Waals surface area contributed by atoms with E-state index in [1.807, 2.05) is 36.4 Å². The Labute approximate surface area is 191 Å². The van der Waals surface area contributed by atoms with Crippen LogP contribution in [0.4, 0.5) is 0 Å². The van der Waals surface area contributed by atoms with Crippen molar-refractivity contribution >= 4 is 12.0 Å². The molecule has 1 aromatic carbocycles. The van der Waals surface area contributed by atoms with E-state index in [0.717, 1.165) is 12.8 Å². The monoisotopic (exact) mass is 444 g/mol. The van der Waals surface area contributed by atoms with Gasteiger partial charge in [0.1, 0.15) is 0 Å². The van der Waals surface area contributed by atoms with Gasteiger partial charge in [0.05, 0.1) is 0 Å². The van der Waals surface area contributed by atoms with Crippen LogP contribution in [-0.2, 0) is 21.9 Å². The van der Waals surface area contributed by atoms with Crippen LogP contribution >= 0.6 is 0 Å². The van der Waals surface area contributed by atoms with Gasteiger partial charge in [-0.1, -0.05) is 140 Å². The summed E-state index contributed by atoms with van der Waals surface area (Å²) in [6.45, 7) is 5.90. The summed E-state index contributed by atoms with van der Waals surface area (Å²) >= 11 is 0. The number of unbranched alkanes of at least 4 members (excludes halogenated alkanes) is 14. The minimum atomic E-state index is -0.653. The molecule has 0 atom stereocenters. The van der Waals surface area contributed by atoms with E-state index in [1.165, 1.54) is 89.0 Å². The molecule has 0 unspecified atom stereocenters. The molecule has 168 valence electrons. The number of benzene rings is 1. The normalized spacial score (nSPS) is 9.83. The topological polar surface area (TPSA) is 37.3 Å². The van der Waals surface area contributed by atoms with Crippen LogP contribution < -0.4 is 0 Å². The van der Waals surface area contributed by atoms with Crippen molar-refractivity contribution < 1.29 is 27.0 Å². The Balaban J connectivity index is 0. The minimum absolute atomic E-state index is 0. The summed E-state index contributed by atoms with van der Waals surface area (Å²) in [5.41, 5.74) is 1.17. The van der Waals surface area contributed by atoms with Gasteiger partial charge in [0.2, 0.25) is 0 Å². The van der Waals surface area contributed by atoms with Crippen LogP contribution in [0.15, 0.2) is 36.9 Å². The van der Waals surface area contributed by atoms with E-state index >= 15 is 0 Å². The average molecular weight is 444 g/mol. The van der Waals surface area contributed by atoms with Crippen LogP contribution in [0.25, 0.3) is 6.08 Å². The van der Waals surface area contributed by atoms with Crippen LogP contribution in [0.5, 0.6) is 0 Å². The largest absolute Gasteiger partial charge is 0.481 e. The van der Waals surface area contributed by atoms with Crippen molar-refractivity contribution in [2.45, 2.75) is 110 Å². The first-order chi connectivity index (χ1) is 13.7. The van der Waals surface area contributed by atoms with E-state index in [-0.39, 0.29) is 17.1 Å². The van der Waals surface area contributed by atoms with Crippen LogP contribution in [0.3, 0.4) is 0 Å². The molecule has 2 nitrogen and oxygen atoms in total. The zero-order chi connectivity index (χ0) is 20.7. The Morgan fingerprint density at radius 2 is 1.14 bits per heavy atom. The van der Waals surface area contributed by atoms with Gasteiger partial charge in [0.25, 0.3) is 0 Å². The van der Waals surface area contributed by atoms with Crippen molar-refractivity contribution in [3.05, 3.63) is 42.5 Å². The Morgan fingerprint density at radius 3 is 1.45 bits per heavy atom. The zero-order valence-electron chi connectivity index (χ0n) is 18.7. The van der Waals surface area contributed by atoms with Crippen LogP contribution in [0.2, 0.25) is 0 Å². The van der Waals surface area contributed by atoms with Crippen molar-refractivity contribution in [2.24, 2.45) is 0 Å². The average Bonchev–Trinajstić information content (AvgIpc) is 2.72. The summed E-state index contributed by atoms with van der Waals surface area (Å²) in [4.78, 5) is 10.3. The second kappa shape index (κ2) is 25.0. The fraction of sp³-hybridized carbons (Fsp3) is 0.654. The quantitative estimate of drug-likeness (QED) is 0.193. The van der Waals surface area contributed by atoms with Crippen molar-refractivity contribution in [1.82, 2.24) is 0 Å². The number of carboxylic acid groups (broad SMARTS) is 1. The number of rotatable bonds is 17. The first-order valence-electron chi connectivity index (χ1n) is 11.6. The maximum atomic E-state index is 10.3. The fourth-order valence-electron chi connectivity index (χ4n) is 3.24. The second-order valence-electron chi connectivity index (χ2n) is 7.71. The van der Waals surface area contributed by atoms with Gasteiger partial charge < -0.3 is 5.11 Å². The van der Waals surface area contributed by atoms with E-state index in [1.54, 1.807) is 0 Å². The third kappa shape index (κ3) is 24.9. The Bertz CT molecular complexity index is 459. The van der Waals surface area contributed by atoms with Gasteiger partial charge in [-0.15, -0.1) is 0 Å². The van der Waals surface area contributed by atoms with E-state index < -0.39 is 5.97 Å². The summed E-state index contributed by atoms with van der Waals surface area (Å²) in [5.74, 6) is -0.653. The summed E-state index contributed by atoms with van der Waals surface area (Å²) in [6.07, 6.45) is 22.0. The summed E-state index contributed by atoms with van der Waals surface area (Å²) in [5, 5.41) is 8.52. The number of hydrogen-bond donors (Lipinski definition) is 1. The van der Waals surface area contributed by atoms with Gasteiger partial charge in [-0.25, -0.2) is 0 Å². The number of hydrogen-bond acceptors (Lipinski definition) is 1. The molecule has 0 spiro atoms. The molecule has 0 aromatic heterocycles. The van der Waals surface area contributed by atoms with Gasteiger partial charge in [-0.2, -0.15) is 0 Å². The molecule has 0 amide bonds. The molecule has 0 heterocycles. The minimum Gasteiger partial charge on any atom is -0.481 e. The fourth-order valence-corrected chi connectivity index (χ4v) is 3.24. The van der Waals surface area contributed by atoms with Crippen molar-refractivity contribution in [3.63, 3.8) is 0 Å². The number of aliphatic carboxylic acids is 1. The van der Waals surface area contributed by atoms with E-state index in [0.29, 0.717) is 6.42 Å². The van der Waals surface area contributed by atoms with Gasteiger partial charge in [-0.3, -0.25) is 4.79 Å². The maximum Gasteiger partial charge on any atom is 0.303 e. The van der Waals surface area contributed by atoms with Gasteiger partial charge in [-0.05, 0) is 12.0 Å². The predicted molar refractivity (Wildman–Crippen MR) is 124 cm³/mol. The Hall–Kier alpha value is -1.05. The van der Waals surface area contributed by atoms with Gasteiger partial charge >= 0.3 is 5.97 Å². The second-order valence-corrected chi connectivity index (χ2v) is 7.71. The van der Waals surface area contributed by atoms with E-state index in [9.17, 15) is 4.79 Å². The number of carbonyl (C=O) groups is 1. The Kier molecular flexibility index (Phi) is 26.0. The predicted octanol–water partition coefficient (Wildman–Crippen LogP) is 8.66. The van der Waals surface area contributed by atoms with Crippen molar-refractivity contribution in [3.8, 4) is 0 Å². The SMILES string of the molecule is C=Cc1ccccc1.CCCCCCCCCCCCCCCCCC(=O)O.[Fe]. The van der Waals surface area contributed by atoms with Crippen LogP contribution in [0.1, 0.15) is 115 Å². The van der Waals surface area contributed by atoms with Crippen molar-refractivity contribution in [1.29, 1.82) is 0 Å². The zero-order valence-corrected chi connectivity index (χ0v) is 19.8. The molecule has 0 radical (unpaired) electrons. The van der Waals surface area contributed by atoms with E-state index in [4.69, 9.17) is 5.11 Å².